The third-order valence-electron chi connectivity index (χ3n) is 4.52. The minimum atomic E-state index is -0.225. The molecule has 27 heavy (non-hydrogen) atoms. The van der Waals surface area contributed by atoms with E-state index in [4.69, 9.17) is 15.2 Å². The van der Waals surface area contributed by atoms with Gasteiger partial charge in [0.05, 0.1) is 20.8 Å². The summed E-state index contributed by atoms with van der Waals surface area (Å²) < 4.78 is 23.5. The van der Waals surface area contributed by atoms with Crippen LogP contribution >= 0.6 is 0 Å². The van der Waals surface area contributed by atoms with E-state index >= 15 is 0 Å². The fourth-order valence-electron chi connectivity index (χ4n) is 2.97. The van der Waals surface area contributed by atoms with Gasteiger partial charge in [0.25, 0.3) is 0 Å². The van der Waals surface area contributed by atoms with Crippen LogP contribution in [-0.4, -0.2) is 56.2 Å². The molecule has 0 amide bonds. The lowest BCUT2D eigenvalue weighted by molar-refractivity contribution is 0.361. The summed E-state index contributed by atoms with van der Waals surface area (Å²) in [4.78, 5) is 13.0. The predicted molar refractivity (Wildman–Crippen MR) is 103 cm³/mol. The highest BCUT2D eigenvalue weighted by Gasteiger charge is 2.18. The Balaban J connectivity index is 1.59. The van der Waals surface area contributed by atoms with Gasteiger partial charge in [0.15, 0.2) is 5.96 Å². The number of hydrogen-bond acceptors (Lipinski definition) is 5. The van der Waals surface area contributed by atoms with E-state index < -0.39 is 0 Å². The molecule has 8 heteroatoms. The van der Waals surface area contributed by atoms with Crippen molar-refractivity contribution in [3.8, 4) is 11.8 Å². The van der Waals surface area contributed by atoms with E-state index in [1.54, 1.807) is 32.4 Å². The van der Waals surface area contributed by atoms with Crippen LogP contribution in [0.15, 0.2) is 41.4 Å². The number of aliphatic imine (C=N–C) groups is 1. The first kappa shape index (κ1) is 18.8. The summed E-state index contributed by atoms with van der Waals surface area (Å²) in [6.07, 6.45) is 0. The SMILES string of the molecule is COc1ccc(CN=C(N)N2CCN(c3ccc(F)cc3)CC2)c(OC)n1. The molecular formula is C19H24FN5O2. The van der Waals surface area contributed by atoms with Gasteiger partial charge in [-0.2, -0.15) is 4.98 Å². The van der Waals surface area contributed by atoms with Crippen molar-refractivity contribution >= 4 is 11.6 Å². The summed E-state index contributed by atoms with van der Waals surface area (Å²) in [6.45, 7) is 3.49. The number of halogens is 1. The Morgan fingerprint density at radius 2 is 1.78 bits per heavy atom. The number of anilines is 1. The van der Waals surface area contributed by atoms with Crippen molar-refractivity contribution in [1.29, 1.82) is 0 Å². The molecule has 0 radical (unpaired) electrons. The van der Waals surface area contributed by atoms with Gasteiger partial charge in [0.2, 0.25) is 11.8 Å². The van der Waals surface area contributed by atoms with Crippen LogP contribution in [-0.2, 0) is 6.54 Å². The van der Waals surface area contributed by atoms with Gasteiger partial charge in [-0.3, -0.25) is 0 Å². The molecule has 1 aliphatic rings. The number of guanidine groups is 1. The second kappa shape index (κ2) is 8.57. The average molecular weight is 373 g/mol. The average Bonchev–Trinajstić information content (AvgIpc) is 2.72. The van der Waals surface area contributed by atoms with Crippen LogP contribution in [0.5, 0.6) is 11.8 Å². The number of methoxy groups -OCH3 is 2. The molecule has 1 aromatic heterocycles. The van der Waals surface area contributed by atoms with Gasteiger partial charge in [0.1, 0.15) is 5.82 Å². The number of nitrogens with zero attached hydrogens (tertiary/aromatic N) is 4. The smallest absolute Gasteiger partial charge is 0.221 e. The van der Waals surface area contributed by atoms with Crippen LogP contribution in [0.4, 0.5) is 10.1 Å². The number of hydrogen-bond donors (Lipinski definition) is 1. The number of aromatic nitrogens is 1. The van der Waals surface area contributed by atoms with Crippen molar-refractivity contribution in [2.75, 3.05) is 45.3 Å². The standard InChI is InChI=1S/C19H24FN5O2/c1-26-17-8-3-14(18(23-17)27-2)13-22-19(21)25-11-9-24(10-12-25)16-6-4-15(20)5-7-16/h3-8H,9-13H2,1-2H3,(H2,21,22). The summed E-state index contributed by atoms with van der Waals surface area (Å²) in [5, 5.41) is 0. The highest BCUT2D eigenvalue weighted by atomic mass is 19.1. The van der Waals surface area contributed by atoms with E-state index in [0.717, 1.165) is 37.4 Å². The third kappa shape index (κ3) is 4.58. The van der Waals surface area contributed by atoms with Crippen LogP contribution in [0.2, 0.25) is 0 Å². The highest BCUT2D eigenvalue weighted by Crippen LogP contribution is 2.21. The molecule has 0 aliphatic carbocycles. The predicted octanol–water partition coefficient (Wildman–Crippen LogP) is 1.87. The zero-order chi connectivity index (χ0) is 19.2. The fourth-order valence-corrected chi connectivity index (χ4v) is 2.97. The molecule has 1 aliphatic heterocycles. The van der Waals surface area contributed by atoms with Gasteiger partial charge in [-0.1, -0.05) is 0 Å². The Morgan fingerprint density at radius 1 is 1.07 bits per heavy atom. The summed E-state index contributed by atoms with van der Waals surface area (Å²) in [5.41, 5.74) is 8.02. The summed E-state index contributed by atoms with van der Waals surface area (Å²) in [5.74, 6) is 1.24. The van der Waals surface area contributed by atoms with Crippen LogP contribution in [0, 0.1) is 5.82 Å². The molecule has 3 rings (SSSR count). The van der Waals surface area contributed by atoms with Crippen molar-refractivity contribution in [2.24, 2.45) is 10.7 Å². The summed E-state index contributed by atoms with van der Waals surface area (Å²) in [7, 11) is 3.12. The van der Waals surface area contributed by atoms with Crippen molar-refractivity contribution in [3.05, 3.63) is 47.8 Å². The van der Waals surface area contributed by atoms with Gasteiger partial charge in [-0.15, -0.1) is 0 Å². The third-order valence-corrected chi connectivity index (χ3v) is 4.52. The molecule has 7 nitrogen and oxygen atoms in total. The topological polar surface area (TPSA) is 76.2 Å². The molecule has 0 saturated carbocycles. The zero-order valence-electron chi connectivity index (χ0n) is 15.6. The number of pyridine rings is 1. The molecular weight excluding hydrogens is 349 g/mol. The second-order valence-electron chi connectivity index (χ2n) is 6.15. The molecule has 0 atom stereocenters. The quantitative estimate of drug-likeness (QED) is 0.637. The Kier molecular flexibility index (Phi) is 5.95. The minimum absolute atomic E-state index is 0.225. The van der Waals surface area contributed by atoms with Gasteiger partial charge in [0, 0.05) is 43.5 Å². The molecule has 1 saturated heterocycles. The van der Waals surface area contributed by atoms with Crippen LogP contribution in [0.1, 0.15) is 5.56 Å². The Labute approximate surface area is 158 Å². The second-order valence-corrected chi connectivity index (χ2v) is 6.15. The maximum absolute atomic E-state index is 13.1. The summed E-state index contributed by atoms with van der Waals surface area (Å²) in [6, 6.07) is 10.2. The lowest BCUT2D eigenvalue weighted by Gasteiger charge is -2.36. The van der Waals surface area contributed by atoms with Gasteiger partial charge in [-0.25, -0.2) is 9.38 Å². The van der Waals surface area contributed by atoms with Crippen LogP contribution in [0.3, 0.4) is 0 Å². The molecule has 2 aromatic rings. The lowest BCUT2D eigenvalue weighted by Crippen LogP contribution is -2.51. The van der Waals surface area contributed by atoms with E-state index in [0.29, 0.717) is 24.3 Å². The summed E-state index contributed by atoms with van der Waals surface area (Å²) >= 11 is 0. The first-order valence-electron chi connectivity index (χ1n) is 8.74. The molecule has 2 heterocycles. The fraction of sp³-hybridized carbons (Fsp3) is 0.368. The van der Waals surface area contributed by atoms with Crippen molar-refractivity contribution in [2.45, 2.75) is 6.54 Å². The number of benzene rings is 1. The first-order valence-corrected chi connectivity index (χ1v) is 8.74. The lowest BCUT2D eigenvalue weighted by atomic mass is 10.2. The molecule has 1 fully saturated rings. The van der Waals surface area contributed by atoms with Crippen molar-refractivity contribution in [3.63, 3.8) is 0 Å². The van der Waals surface area contributed by atoms with Gasteiger partial charge in [-0.05, 0) is 30.3 Å². The van der Waals surface area contributed by atoms with E-state index in [1.165, 1.54) is 12.1 Å². The molecule has 1 aromatic carbocycles. The first-order chi connectivity index (χ1) is 13.1. The maximum atomic E-state index is 13.1. The normalized spacial score (nSPS) is 15.0. The van der Waals surface area contributed by atoms with Crippen molar-refractivity contribution in [1.82, 2.24) is 9.88 Å². The van der Waals surface area contributed by atoms with E-state index in [9.17, 15) is 4.39 Å². The molecule has 0 unspecified atom stereocenters. The van der Waals surface area contributed by atoms with Gasteiger partial charge < -0.3 is 25.0 Å². The number of piperazine rings is 1. The highest BCUT2D eigenvalue weighted by molar-refractivity contribution is 5.78. The molecule has 0 bridgehead atoms. The maximum Gasteiger partial charge on any atom is 0.221 e. The minimum Gasteiger partial charge on any atom is -0.481 e. The number of ether oxygens (including phenoxy) is 2. The Hall–Kier alpha value is -3.03. The zero-order valence-corrected chi connectivity index (χ0v) is 15.6. The Bertz CT molecular complexity index is 789. The van der Waals surface area contributed by atoms with E-state index in [1.807, 2.05) is 11.0 Å². The van der Waals surface area contributed by atoms with Crippen LogP contribution < -0.4 is 20.1 Å². The number of rotatable bonds is 5. The van der Waals surface area contributed by atoms with Crippen molar-refractivity contribution < 1.29 is 13.9 Å². The monoisotopic (exact) mass is 373 g/mol. The molecule has 2 N–H and O–H groups in total. The molecule has 144 valence electrons. The van der Waals surface area contributed by atoms with Gasteiger partial charge >= 0.3 is 0 Å². The Morgan fingerprint density at radius 3 is 2.41 bits per heavy atom. The van der Waals surface area contributed by atoms with E-state index in [2.05, 4.69) is 14.9 Å². The number of nitrogens with two attached hydrogens (primary N) is 1. The van der Waals surface area contributed by atoms with Crippen LogP contribution in [0.25, 0.3) is 0 Å². The largest absolute Gasteiger partial charge is 0.481 e. The molecule has 0 spiro atoms. The van der Waals surface area contributed by atoms with E-state index in [-0.39, 0.29) is 5.82 Å².